The van der Waals surface area contributed by atoms with Gasteiger partial charge < -0.3 is 5.32 Å². The van der Waals surface area contributed by atoms with Crippen LogP contribution in [0, 0.1) is 0 Å². The smallest absolute Gasteiger partial charge is 0.196 e. The molecule has 0 aliphatic heterocycles. The van der Waals surface area contributed by atoms with Crippen LogP contribution in [0.3, 0.4) is 0 Å². The lowest BCUT2D eigenvalue weighted by molar-refractivity contribution is 0.0979. The van der Waals surface area contributed by atoms with E-state index in [-0.39, 0.29) is 17.6 Å². The van der Waals surface area contributed by atoms with E-state index in [1.54, 1.807) is 30.3 Å². The van der Waals surface area contributed by atoms with Gasteiger partial charge in [-0.15, -0.1) is 0 Å². The van der Waals surface area contributed by atoms with E-state index in [4.69, 9.17) is 0 Å². The first-order chi connectivity index (χ1) is 15.7. The molecule has 5 rings (SSSR count). The van der Waals surface area contributed by atoms with Gasteiger partial charge in [0, 0.05) is 28.4 Å². The largest absolute Gasteiger partial charge is 0.381 e. The summed E-state index contributed by atoms with van der Waals surface area (Å²) in [5.41, 5.74) is 5.05. The van der Waals surface area contributed by atoms with Gasteiger partial charge in [0.2, 0.25) is 0 Å². The molecule has 0 bridgehead atoms. The Morgan fingerprint density at radius 3 is 1.62 bits per heavy atom. The Kier molecular flexibility index (Phi) is 5.39. The van der Waals surface area contributed by atoms with Crippen LogP contribution >= 0.6 is 0 Å². The minimum absolute atomic E-state index is 0.0615. The first-order valence-corrected chi connectivity index (χ1v) is 10.9. The van der Waals surface area contributed by atoms with Gasteiger partial charge >= 0.3 is 0 Å². The van der Waals surface area contributed by atoms with E-state index < -0.39 is 0 Å². The van der Waals surface area contributed by atoms with E-state index >= 15 is 0 Å². The normalized spacial score (nSPS) is 12.4. The Morgan fingerprint density at radius 1 is 0.531 bits per heavy atom. The third-order valence-electron chi connectivity index (χ3n) is 5.96. The molecule has 156 valence electrons. The summed E-state index contributed by atoms with van der Waals surface area (Å²) in [6, 6.07) is 33.3. The highest BCUT2D eigenvalue weighted by atomic mass is 16.1. The fourth-order valence-electron chi connectivity index (χ4n) is 4.46. The van der Waals surface area contributed by atoms with Gasteiger partial charge in [-0.05, 0) is 30.0 Å². The molecule has 32 heavy (non-hydrogen) atoms. The summed E-state index contributed by atoms with van der Waals surface area (Å²) >= 11 is 0. The average molecular weight is 418 g/mol. The van der Waals surface area contributed by atoms with Gasteiger partial charge in [0.05, 0.1) is 5.56 Å². The fourth-order valence-corrected chi connectivity index (χ4v) is 4.46. The maximum atomic E-state index is 13.4. The summed E-state index contributed by atoms with van der Waals surface area (Å²) in [7, 11) is 0. The second kappa shape index (κ2) is 8.64. The van der Waals surface area contributed by atoms with Crippen molar-refractivity contribution in [2.24, 2.45) is 0 Å². The Bertz CT molecular complexity index is 1240. The minimum atomic E-state index is -0.100. The number of carbonyl (C=O) groups is 2. The number of hydrogen-bond donors (Lipinski definition) is 1. The van der Waals surface area contributed by atoms with Gasteiger partial charge in [0.25, 0.3) is 0 Å². The van der Waals surface area contributed by atoms with Gasteiger partial charge in [-0.2, -0.15) is 0 Å². The van der Waals surface area contributed by atoms with E-state index in [0.29, 0.717) is 27.9 Å². The third-order valence-corrected chi connectivity index (χ3v) is 5.96. The maximum absolute atomic E-state index is 13.4. The Hall–Kier alpha value is -3.98. The number of anilines is 1. The van der Waals surface area contributed by atoms with Gasteiger partial charge in [-0.1, -0.05) is 97.1 Å². The second-order valence-corrected chi connectivity index (χ2v) is 8.15. The zero-order chi connectivity index (χ0) is 21.9. The van der Waals surface area contributed by atoms with Crippen LogP contribution in [0.4, 0.5) is 5.69 Å². The molecule has 0 fully saturated rings. The van der Waals surface area contributed by atoms with E-state index in [2.05, 4.69) is 29.6 Å². The summed E-state index contributed by atoms with van der Waals surface area (Å²) in [5.74, 6) is -0.196. The van der Waals surface area contributed by atoms with Crippen LogP contribution in [-0.2, 0) is 12.8 Å². The highest BCUT2D eigenvalue weighted by molar-refractivity contribution is 6.30. The van der Waals surface area contributed by atoms with Crippen LogP contribution in [0.5, 0.6) is 0 Å². The number of benzene rings is 4. The van der Waals surface area contributed by atoms with Crippen LogP contribution < -0.4 is 5.32 Å². The molecule has 0 heterocycles. The molecular weight excluding hydrogens is 394 g/mol. The first kappa shape index (κ1) is 20.0. The molecule has 4 aromatic rings. The van der Waals surface area contributed by atoms with Crippen LogP contribution in [0.1, 0.15) is 43.0 Å². The Morgan fingerprint density at radius 2 is 1.03 bits per heavy atom. The standard InChI is InChI=1S/C29H23NO2/c31-28-23-14-7-8-15-24(23)29(32)27-25(28)16-9-17-26(27)30-22(18-20-10-3-1-4-11-20)19-21-12-5-2-6-13-21/h1-17,22,30H,18-19H2. The van der Waals surface area contributed by atoms with Crippen molar-refractivity contribution in [1.29, 1.82) is 0 Å². The number of ketones is 2. The lowest BCUT2D eigenvalue weighted by Gasteiger charge is -2.25. The van der Waals surface area contributed by atoms with Crippen molar-refractivity contribution in [1.82, 2.24) is 0 Å². The Labute approximate surface area is 187 Å². The quantitative estimate of drug-likeness (QED) is 0.384. The predicted octanol–water partition coefficient (Wildman–Crippen LogP) is 5.73. The number of fused-ring (bicyclic) bond motifs is 2. The SMILES string of the molecule is O=C1c2ccccc2C(=O)c2c(NC(Cc3ccccc3)Cc3ccccc3)cccc21. The van der Waals surface area contributed by atoms with Gasteiger partial charge in [0.15, 0.2) is 11.6 Å². The number of carbonyl (C=O) groups excluding carboxylic acids is 2. The third kappa shape index (κ3) is 3.85. The second-order valence-electron chi connectivity index (χ2n) is 8.15. The van der Waals surface area contributed by atoms with Crippen molar-refractivity contribution in [2.45, 2.75) is 18.9 Å². The molecule has 0 amide bonds. The highest BCUT2D eigenvalue weighted by Crippen LogP contribution is 2.32. The molecule has 0 saturated carbocycles. The molecule has 0 unspecified atom stereocenters. The van der Waals surface area contributed by atoms with Crippen molar-refractivity contribution in [3.8, 4) is 0 Å². The zero-order valence-electron chi connectivity index (χ0n) is 17.6. The molecule has 4 aromatic carbocycles. The molecule has 0 radical (unpaired) electrons. The predicted molar refractivity (Wildman–Crippen MR) is 127 cm³/mol. The molecule has 0 spiro atoms. The van der Waals surface area contributed by atoms with E-state index in [0.717, 1.165) is 12.8 Å². The summed E-state index contributed by atoms with van der Waals surface area (Å²) in [5, 5.41) is 3.61. The molecule has 1 aliphatic carbocycles. The number of rotatable bonds is 6. The molecule has 1 N–H and O–H groups in total. The molecular formula is C29H23NO2. The van der Waals surface area contributed by atoms with Gasteiger partial charge in [0.1, 0.15) is 0 Å². The van der Waals surface area contributed by atoms with E-state index in [1.165, 1.54) is 11.1 Å². The van der Waals surface area contributed by atoms with Crippen LogP contribution in [-0.4, -0.2) is 17.6 Å². The molecule has 0 saturated heterocycles. The van der Waals surface area contributed by atoms with Crippen molar-refractivity contribution >= 4 is 17.3 Å². The first-order valence-electron chi connectivity index (χ1n) is 10.9. The fraction of sp³-hybridized carbons (Fsp3) is 0.103. The van der Waals surface area contributed by atoms with Crippen molar-refractivity contribution < 1.29 is 9.59 Å². The molecule has 3 nitrogen and oxygen atoms in total. The van der Waals surface area contributed by atoms with Crippen molar-refractivity contribution in [3.63, 3.8) is 0 Å². The maximum Gasteiger partial charge on any atom is 0.196 e. The number of nitrogens with one attached hydrogen (secondary N) is 1. The minimum Gasteiger partial charge on any atom is -0.381 e. The lowest BCUT2D eigenvalue weighted by Crippen LogP contribution is -2.28. The Balaban J connectivity index is 1.51. The van der Waals surface area contributed by atoms with Gasteiger partial charge in [-0.3, -0.25) is 9.59 Å². The lowest BCUT2D eigenvalue weighted by atomic mass is 9.83. The monoisotopic (exact) mass is 417 g/mol. The molecule has 0 aromatic heterocycles. The van der Waals surface area contributed by atoms with Crippen molar-refractivity contribution in [2.75, 3.05) is 5.32 Å². The highest BCUT2D eigenvalue weighted by Gasteiger charge is 2.31. The summed E-state index contributed by atoms with van der Waals surface area (Å²) in [6.07, 6.45) is 1.61. The topological polar surface area (TPSA) is 46.2 Å². The van der Waals surface area contributed by atoms with Crippen LogP contribution in [0.2, 0.25) is 0 Å². The molecule has 0 atom stereocenters. The van der Waals surface area contributed by atoms with E-state index in [1.807, 2.05) is 48.5 Å². The summed E-state index contributed by atoms with van der Waals surface area (Å²) in [4.78, 5) is 26.5. The van der Waals surface area contributed by atoms with Crippen LogP contribution in [0.25, 0.3) is 0 Å². The zero-order valence-corrected chi connectivity index (χ0v) is 17.6. The summed E-state index contributed by atoms with van der Waals surface area (Å²) < 4.78 is 0. The van der Waals surface area contributed by atoms with Crippen LogP contribution in [0.15, 0.2) is 103 Å². The molecule has 3 heteroatoms. The summed E-state index contributed by atoms with van der Waals surface area (Å²) in [6.45, 7) is 0. The van der Waals surface area contributed by atoms with Crippen molar-refractivity contribution in [3.05, 3.63) is 137 Å². The van der Waals surface area contributed by atoms with Gasteiger partial charge in [-0.25, -0.2) is 0 Å². The van der Waals surface area contributed by atoms with E-state index in [9.17, 15) is 9.59 Å². The number of hydrogen-bond acceptors (Lipinski definition) is 3. The molecule has 1 aliphatic rings. The average Bonchev–Trinajstić information content (AvgIpc) is 2.84.